The first-order chi connectivity index (χ1) is 12.8. The smallest absolute Gasteiger partial charge is 0.161 e. The van der Waals surface area contributed by atoms with Crippen molar-refractivity contribution in [3.05, 3.63) is 78.4 Å². The largest absolute Gasteiger partial charge is 0.493 e. The number of nitrogens with two attached hydrogens (primary N) is 1. The third-order valence-corrected chi connectivity index (χ3v) is 3.97. The minimum absolute atomic E-state index is 0.451. The SMILES string of the molecule is COc1cc(-c2ccccc2OCc2ccccc2)ccc1OCCN. The Bertz CT molecular complexity index is 834. The zero-order chi connectivity index (χ0) is 18.2. The van der Waals surface area contributed by atoms with E-state index in [1.807, 2.05) is 60.7 Å². The van der Waals surface area contributed by atoms with Gasteiger partial charge in [0.25, 0.3) is 0 Å². The molecule has 4 nitrogen and oxygen atoms in total. The molecule has 0 saturated carbocycles. The van der Waals surface area contributed by atoms with Crippen LogP contribution in [0.5, 0.6) is 17.2 Å². The Kier molecular flexibility index (Phi) is 6.12. The van der Waals surface area contributed by atoms with Crippen LogP contribution in [0.4, 0.5) is 0 Å². The minimum atomic E-state index is 0.451. The van der Waals surface area contributed by atoms with Crippen LogP contribution in [-0.4, -0.2) is 20.3 Å². The Morgan fingerprint density at radius 1 is 0.769 bits per heavy atom. The van der Waals surface area contributed by atoms with Gasteiger partial charge in [-0.3, -0.25) is 0 Å². The van der Waals surface area contributed by atoms with Crippen molar-refractivity contribution in [3.63, 3.8) is 0 Å². The van der Waals surface area contributed by atoms with Crippen LogP contribution in [0, 0.1) is 0 Å². The third-order valence-electron chi connectivity index (χ3n) is 3.97. The van der Waals surface area contributed by atoms with Gasteiger partial charge in [-0.15, -0.1) is 0 Å². The Labute approximate surface area is 154 Å². The average Bonchev–Trinajstić information content (AvgIpc) is 2.71. The normalized spacial score (nSPS) is 10.4. The van der Waals surface area contributed by atoms with Gasteiger partial charge in [0.05, 0.1) is 7.11 Å². The standard InChI is InChI=1S/C22H23NO3/c1-24-22-15-18(11-12-21(22)25-14-13-23)19-9-5-6-10-20(19)26-16-17-7-3-2-4-8-17/h2-12,15H,13-14,16,23H2,1H3. The van der Waals surface area contributed by atoms with Crippen molar-refractivity contribution in [1.82, 2.24) is 0 Å². The van der Waals surface area contributed by atoms with Gasteiger partial charge in [0.15, 0.2) is 11.5 Å². The highest BCUT2D eigenvalue weighted by atomic mass is 16.5. The fourth-order valence-electron chi connectivity index (χ4n) is 2.69. The van der Waals surface area contributed by atoms with Gasteiger partial charge in [-0.1, -0.05) is 54.6 Å². The second-order valence-electron chi connectivity index (χ2n) is 5.77. The second kappa shape index (κ2) is 8.92. The summed E-state index contributed by atoms with van der Waals surface area (Å²) in [5.41, 5.74) is 8.65. The van der Waals surface area contributed by atoms with E-state index < -0.39 is 0 Å². The fourth-order valence-corrected chi connectivity index (χ4v) is 2.69. The van der Waals surface area contributed by atoms with Crippen molar-refractivity contribution in [3.8, 4) is 28.4 Å². The Balaban J connectivity index is 1.85. The molecule has 0 bridgehead atoms. The van der Waals surface area contributed by atoms with Crippen molar-refractivity contribution in [2.24, 2.45) is 5.73 Å². The minimum Gasteiger partial charge on any atom is -0.493 e. The van der Waals surface area contributed by atoms with Crippen LogP contribution >= 0.6 is 0 Å². The van der Waals surface area contributed by atoms with Crippen molar-refractivity contribution < 1.29 is 14.2 Å². The molecule has 0 heterocycles. The van der Waals surface area contributed by atoms with Crippen LogP contribution in [-0.2, 0) is 6.61 Å². The molecule has 0 atom stereocenters. The van der Waals surface area contributed by atoms with Crippen LogP contribution in [0.25, 0.3) is 11.1 Å². The molecule has 2 N–H and O–H groups in total. The first-order valence-electron chi connectivity index (χ1n) is 8.59. The fraction of sp³-hybridized carbons (Fsp3) is 0.182. The number of ether oxygens (including phenoxy) is 3. The lowest BCUT2D eigenvalue weighted by Gasteiger charge is -2.14. The first kappa shape index (κ1) is 17.8. The number of rotatable bonds is 8. The highest BCUT2D eigenvalue weighted by molar-refractivity contribution is 5.72. The molecule has 4 heteroatoms. The van der Waals surface area contributed by atoms with Crippen LogP contribution in [0.2, 0.25) is 0 Å². The average molecular weight is 349 g/mol. The summed E-state index contributed by atoms with van der Waals surface area (Å²) in [7, 11) is 1.63. The topological polar surface area (TPSA) is 53.7 Å². The maximum Gasteiger partial charge on any atom is 0.161 e. The lowest BCUT2D eigenvalue weighted by Crippen LogP contribution is -2.11. The zero-order valence-electron chi connectivity index (χ0n) is 14.9. The number of benzene rings is 3. The summed E-state index contributed by atoms with van der Waals surface area (Å²) >= 11 is 0. The van der Waals surface area contributed by atoms with E-state index in [1.165, 1.54) is 0 Å². The predicted molar refractivity (Wildman–Crippen MR) is 104 cm³/mol. The summed E-state index contributed by atoms with van der Waals surface area (Å²) in [5.74, 6) is 2.19. The number of hydrogen-bond donors (Lipinski definition) is 1. The molecular formula is C22H23NO3. The molecule has 0 aliphatic rings. The molecule has 0 aliphatic carbocycles. The van der Waals surface area contributed by atoms with Gasteiger partial charge >= 0.3 is 0 Å². The quantitative estimate of drug-likeness (QED) is 0.659. The Morgan fingerprint density at radius 2 is 1.54 bits per heavy atom. The molecular weight excluding hydrogens is 326 g/mol. The van der Waals surface area contributed by atoms with E-state index in [9.17, 15) is 0 Å². The molecule has 134 valence electrons. The third kappa shape index (κ3) is 4.35. The maximum absolute atomic E-state index is 6.06. The van der Waals surface area contributed by atoms with Gasteiger partial charge in [0, 0.05) is 12.1 Å². The molecule has 0 unspecified atom stereocenters. The number of para-hydroxylation sites is 1. The molecule has 0 radical (unpaired) electrons. The molecule has 0 amide bonds. The van der Waals surface area contributed by atoms with Crippen LogP contribution in [0.3, 0.4) is 0 Å². The summed E-state index contributed by atoms with van der Waals surface area (Å²) in [6.07, 6.45) is 0. The van der Waals surface area contributed by atoms with Gasteiger partial charge in [-0.2, -0.15) is 0 Å². The molecule has 3 aromatic carbocycles. The van der Waals surface area contributed by atoms with Crippen LogP contribution in [0.15, 0.2) is 72.8 Å². The van der Waals surface area contributed by atoms with E-state index in [-0.39, 0.29) is 0 Å². The highest BCUT2D eigenvalue weighted by Gasteiger charge is 2.11. The maximum atomic E-state index is 6.06. The van der Waals surface area contributed by atoms with Crippen molar-refractivity contribution in [2.75, 3.05) is 20.3 Å². The lowest BCUT2D eigenvalue weighted by molar-refractivity contribution is 0.302. The summed E-state index contributed by atoms with van der Waals surface area (Å²) < 4.78 is 17.1. The predicted octanol–water partition coefficient (Wildman–Crippen LogP) is 4.28. The van der Waals surface area contributed by atoms with E-state index in [4.69, 9.17) is 19.9 Å². The van der Waals surface area contributed by atoms with Gasteiger partial charge in [-0.25, -0.2) is 0 Å². The van der Waals surface area contributed by atoms with E-state index in [0.717, 1.165) is 22.4 Å². The first-order valence-corrected chi connectivity index (χ1v) is 8.59. The monoisotopic (exact) mass is 349 g/mol. The van der Waals surface area contributed by atoms with E-state index in [1.54, 1.807) is 7.11 Å². The number of hydrogen-bond acceptors (Lipinski definition) is 4. The molecule has 0 saturated heterocycles. The van der Waals surface area contributed by atoms with E-state index in [2.05, 4.69) is 12.1 Å². The van der Waals surface area contributed by atoms with Crippen molar-refractivity contribution in [2.45, 2.75) is 6.61 Å². The van der Waals surface area contributed by atoms with Gasteiger partial charge in [0.2, 0.25) is 0 Å². The van der Waals surface area contributed by atoms with Crippen molar-refractivity contribution in [1.29, 1.82) is 0 Å². The van der Waals surface area contributed by atoms with Crippen molar-refractivity contribution >= 4 is 0 Å². The molecule has 26 heavy (non-hydrogen) atoms. The lowest BCUT2D eigenvalue weighted by atomic mass is 10.0. The second-order valence-corrected chi connectivity index (χ2v) is 5.77. The summed E-state index contributed by atoms with van der Waals surface area (Å²) in [4.78, 5) is 0. The van der Waals surface area contributed by atoms with Gasteiger partial charge < -0.3 is 19.9 Å². The molecule has 3 aromatic rings. The van der Waals surface area contributed by atoms with Gasteiger partial charge in [0.1, 0.15) is 19.0 Å². The van der Waals surface area contributed by atoms with Gasteiger partial charge in [-0.05, 0) is 29.3 Å². The van der Waals surface area contributed by atoms with E-state index >= 15 is 0 Å². The summed E-state index contributed by atoms with van der Waals surface area (Å²) in [6, 6.07) is 24.0. The Morgan fingerprint density at radius 3 is 2.31 bits per heavy atom. The molecule has 3 rings (SSSR count). The van der Waals surface area contributed by atoms with Crippen LogP contribution in [0.1, 0.15) is 5.56 Å². The highest BCUT2D eigenvalue weighted by Crippen LogP contribution is 2.36. The molecule has 0 aromatic heterocycles. The number of methoxy groups -OCH3 is 1. The summed E-state index contributed by atoms with van der Waals surface area (Å²) in [6.45, 7) is 1.43. The Hall–Kier alpha value is -2.98. The zero-order valence-corrected chi connectivity index (χ0v) is 14.9. The van der Waals surface area contributed by atoms with Crippen LogP contribution < -0.4 is 19.9 Å². The molecule has 0 aliphatic heterocycles. The molecule has 0 spiro atoms. The summed E-state index contributed by atoms with van der Waals surface area (Å²) in [5, 5.41) is 0. The van der Waals surface area contributed by atoms with E-state index in [0.29, 0.717) is 31.3 Å². The molecule has 0 fully saturated rings.